The smallest absolute Gasteiger partial charge is 0.490 e. The number of rotatable bonds is 6. The van der Waals surface area contributed by atoms with E-state index in [9.17, 15) is 18.0 Å². The second kappa shape index (κ2) is 12.0. The molecule has 0 saturated carbocycles. The van der Waals surface area contributed by atoms with E-state index in [0.717, 1.165) is 64.3 Å². The van der Waals surface area contributed by atoms with Gasteiger partial charge in [0.2, 0.25) is 0 Å². The molecule has 1 aromatic heterocycles. The molecular weight excluding hydrogens is 491 g/mol. The van der Waals surface area contributed by atoms with Gasteiger partial charge in [0.25, 0.3) is 5.91 Å². The first-order chi connectivity index (χ1) is 17.4. The molecule has 2 saturated heterocycles. The number of para-hydroxylation sites is 1. The first kappa shape index (κ1) is 28.5. The summed E-state index contributed by atoms with van der Waals surface area (Å²) in [6, 6.07) is 8.40. The third-order valence-corrected chi connectivity index (χ3v) is 6.80. The quantitative estimate of drug-likeness (QED) is 0.580. The number of aliphatic carboxylic acids is 1. The van der Waals surface area contributed by atoms with E-state index in [0.29, 0.717) is 17.2 Å². The van der Waals surface area contributed by atoms with Crippen LogP contribution in [-0.2, 0) is 11.3 Å². The molecule has 0 unspecified atom stereocenters. The summed E-state index contributed by atoms with van der Waals surface area (Å²) in [5.74, 6) is -1.17. The van der Waals surface area contributed by atoms with Crippen LogP contribution in [0.5, 0.6) is 5.75 Å². The number of benzene rings is 1. The molecule has 1 spiro atoms. The van der Waals surface area contributed by atoms with Crippen LogP contribution in [0.4, 0.5) is 13.2 Å². The maximum Gasteiger partial charge on any atom is 0.490 e. The molecule has 2 aliphatic heterocycles. The van der Waals surface area contributed by atoms with E-state index in [1.807, 2.05) is 17.9 Å². The number of aryl methyl sites for hydroxylation is 1. The number of alkyl halides is 3. The Morgan fingerprint density at radius 3 is 2.35 bits per heavy atom. The minimum Gasteiger partial charge on any atom is -0.493 e. The van der Waals surface area contributed by atoms with E-state index >= 15 is 0 Å². The van der Waals surface area contributed by atoms with Gasteiger partial charge in [-0.3, -0.25) is 9.69 Å². The molecule has 1 N–H and O–H groups in total. The summed E-state index contributed by atoms with van der Waals surface area (Å²) in [6.45, 7) is 11.6. The second-order valence-electron chi connectivity index (χ2n) is 10.2. The minimum atomic E-state index is -5.08. The highest BCUT2D eigenvalue weighted by molar-refractivity contribution is 5.95. The van der Waals surface area contributed by atoms with Crippen LogP contribution in [0.2, 0.25) is 0 Å². The zero-order valence-corrected chi connectivity index (χ0v) is 21.4. The van der Waals surface area contributed by atoms with Crippen molar-refractivity contribution in [2.24, 2.45) is 11.3 Å². The zero-order chi connectivity index (χ0) is 27.2. The van der Waals surface area contributed by atoms with Gasteiger partial charge in [-0.1, -0.05) is 37.2 Å². The molecule has 0 aliphatic carbocycles. The second-order valence-corrected chi connectivity index (χ2v) is 10.2. The number of carbonyl (C=O) groups excluding carboxylic acids is 1. The van der Waals surface area contributed by atoms with Gasteiger partial charge in [-0.05, 0) is 56.7 Å². The van der Waals surface area contributed by atoms with Crippen LogP contribution in [0.15, 0.2) is 35.1 Å². The molecule has 2 aromatic rings. The summed E-state index contributed by atoms with van der Waals surface area (Å²) in [5, 5.41) is 11.0. The highest BCUT2D eigenvalue weighted by atomic mass is 19.4. The number of carboxylic acid groups (broad SMARTS) is 1. The molecule has 0 atom stereocenters. The predicted octanol–water partition coefficient (Wildman–Crippen LogP) is 4.78. The van der Waals surface area contributed by atoms with Crippen molar-refractivity contribution in [3.05, 3.63) is 47.3 Å². The lowest BCUT2D eigenvalue weighted by molar-refractivity contribution is -0.192. The topological polar surface area (TPSA) is 96.1 Å². The number of piperidine rings is 1. The van der Waals surface area contributed by atoms with Gasteiger partial charge in [-0.15, -0.1) is 0 Å². The van der Waals surface area contributed by atoms with Crippen LogP contribution in [0.25, 0.3) is 0 Å². The SMILES string of the molecule is Cc1nocc1C(=O)N1CCC2(CCN(Cc3ccccc3OCC(C)C)CC2)C1.O=C(O)C(F)(F)F. The summed E-state index contributed by atoms with van der Waals surface area (Å²) in [5.41, 5.74) is 2.79. The molecule has 1 aromatic carbocycles. The fraction of sp³-hybridized carbons (Fsp3) is 0.577. The lowest BCUT2D eigenvalue weighted by atomic mass is 9.77. The van der Waals surface area contributed by atoms with Crippen LogP contribution in [0, 0.1) is 18.3 Å². The predicted molar refractivity (Wildman–Crippen MR) is 129 cm³/mol. The molecular formula is C26H34F3N3O5. The number of likely N-dealkylation sites (tertiary alicyclic amines) is 2. The number of nitrogens with zero attached hydrogens (tertiary/aromatic N) is 3. The molecule has 8 nitrogen and oxygen atoms in total. The normalized spacial score (nSPS) is 17.5. The van der Waals surface area contributed by atoms with Crippen LogP contribution in [-0.4, -0.2) is 70.9 Å². The van der Waals surface area contributed by atoms with Gasteiger partial charge in [0.05, 0.1) is 12.3 Å². The maximum atomic E-state index is 12.8. The molecule has 2 aliphatic rings. The highest BCUT2D eigenvalue weighted by Gasteiger charge is 2.42. The molecule has 204 valence electrons. The summed E-state index contributed by atoms with van der Waals surface area (Å²) < 4.78 is 42.7. The fourth-order valence-corrected chi connectivity index (χ4v) is 4.64. The monoisotopic (exact) mass is 525 g/mol. The molecule has 3 heterocycles. The van der Waals surface area contributed by atoms with Crippen molar-refractivity contribution >= 4 is 11.9 Å². The van der Waals surface area contributed by atoms with Crippen molar-refractivity contribution in [1.82, 2.24) is 15.0 Å². The Hall–Kier alpha value is -3.08. The van der Waals surface area contributed by atoms with Crippen LogP contribution in [0.1, 0.15) is 54.7 Å². The van der Waals surface area contributed by atoms with Crippen LogP contribution in [0.3, 0.4) is 0 Å². The number of carboxylic acids is 1. The van der Waals surface area contributed by atoms with E-state index in [4.69, 9.17) is 19.2 Å². The Morgan fingerprint density at radius 2 is 1.78 bits per heavy atom. The van der Waals surface area contributed by atoms with E-state index in [-0.39, 0.29) is 11.3 Å². The summed E-state index contributed by atoms with van der Waals surface area (Å²) in [4.78, 5) is 26.2. The van der Waals surface area contributed by atoms with Gasteiger partial charge in [0, 0.05) is 25.2 Å². The lowest BCUT2D eigenvalue weighted by Gasteiger charge is -2.39. The van der Waals surface area contributed by atoms with Crippen LogP contribution < -0.4 is 4.74 Å². The van der Waals surface area contributed by atoms with Crippen molar-refractivity contribution in [2.45, 2.75) is 52.8 Å². The third-order valence-electron chi connectivity index (χ3n) is 6.80. The van der Waals surface area contributed by atoms with Gasteiger partial charge in [0.1, 0.15) is 17.6 Å². The molecule has 0 bridgehead atoms. The molecule has 2 fully saturated rings. The average Bonchev–Trinajstić information content (AvgIpc) is 3.46. The Bertz CT molecular complexity index is 1060. The Kier molecular flexibility index (Phi) is 9.22. The van der Waals surface area contributed by atoms with Crippen molar-refractivity contribution in [3.8, 4) is 5.75 Å². The minimum absolute atomic E-state index is 0.0595. The molecule has 1 amide bonds. The largest absolute Gasteiger partial charge is 0.493 e. The average molecular weight is 526 g/mol. The maximum absolute atomic E-state index is 12.8. The number of hydrogen-bond acceptors (Lipinski definition) is 6. The van der Waals surface area contributed by atoms with Crippen molar-refractivity contribution in [1.29, 1.82) is 0 Å². The standard InChI is InChI=1S/C24H33N3O3.C2HF3O2/c1-18(2)15-29-22-7-5-4-6-20(22)14-26-11-8-24(9-12-26)10-13-27(17-24)23(28)21-16-30-25-19(21)3;3-2(4,5)1(6)7/h4-7,16,18H,8-15,17H2,1-3H3;(H,6,7). The highest BCUT2D eigenvalue weighted by Crippen LogP contribution is 2.41. The van der Waals surface area contributed by atoms with Crippen LogP contribution >= 0.6 is 0 Å². The van der Waals surface area contributed by atoms with E-state index in [2.05, 4.69) is 42.1 Å². The number of aromatic nitrogens is 1. The summed E-state index contributed by atoms with van der Waals surface area (Å²) >= 11 is 0. The molecule has 11 heteroatoms. The fourth-order valence-electron chi connectivity index (χ4n) is 4.64. The van der Waals surface area contributed by atoms with E-state index in [1.54, 1.807) is 0 Å². The zero-order valence-electron chi connectivity index (χ0n) is 21.4. The van der Waals surface area contributed by atoms with Gasteiger partial charge >= 0.3 is 12.1 Å². The number of carbonyl (C=O) groups is 2. The van der Waals surface area contributed by atoms with Gasteiger partial charge in [0.15, 0.2) is 0 Å². The lowest BCUT2D eigenvalue weighted by Crippen LogP contribution is -2.42. The van der Waals surface area contributed by atoms with Gasteiger partial charge < -0.3 is 19.3 Å². The first-order valence-electron chi connectivity index (χ1n) is 12.3. The first-order valence-corrected chi connectivity index (χ1v) is 12.3. The van der Waals surface area contributed by atoms with Crippen molar-refractivity contribution < 1.29 is 37.1 Å². The van der Waals surface area contributed by atoms with Gasteiger partial charge in [-0.25, -0.2) is 4.79 Å². The molecule has 4 rings (SSSR count). The van der Waals surface area contributed by atoms with E-state index in [1.165, 1.54) is 11.8 Å². The number of ether oxygens (including phenoxy) is 1. The molecule has 37 heavy (non-hydrogen) atoms. The summed E-state index contributed by atoms with van der Waals surface area (Å²) in [7, 11) is 0. The Labute approximate surface area is 214 Å². The molecule has 0 radical (unpaired) electrons. The van der Waals surface area contributed by atoms with E-state index < -0.39 is 12.1 Å². The number of halogens is 3. The number of hydrogen-bond donors (Lipinski definition) is 1. The van der Waals surface area contributed by atoms with Crippen molar-refractivity contribution in [2.75, 3.05) is 32.8 Å². The van der Waals surface area contributed by atoms with Gasteiger partial charge in [-0.2, -0.15) is 13.2 Å². The Balaban J connectivity index is 0.000000479. The number of amides is 1. The van der Waals surface area contributed by atoms with Crippen molar-refractivity contribution in [3.63, 3.8) is 0 Å². The Morgan fingerprint density at radius 1 is 1.16 bits per heavy atom. The third kappa shape index (κ3) is 7.70. The summed E-state index contributed by atoms with van der Waals surface area (Å²) in [6.07, 6.45) is -0.252.